The van der Waals surface area contributed by atoms with Gasteiger partial charge in [-0.1, -0.05) is 11.6 Å². The molecule has 7 heteroatoms. The smallest absolute Gasteiger partial charge is 0.271 e. The summed E-state index contributed by atoms with van der Waals surface area (Å²) < 4.78 is 0. The quantitative estimate of drug-likeness (QED) is 0.806. The molecule has 3 rings (SSSR count). The maximum Gasteiger partial charge on any atom is 0.271 e. The molecule has 116 valence electrons. The summed E-state index contributed by atoms with van der Waals surface area (Å²) in [6.07, 6.45) is 3.28. The van der Waals surface area contributed by atoms with Crippen molar-refractivity contribution in [1.82, 2.24) is 15.3 Å². The molecule has 3 N–H and O–H groups in total. The number of halogens is 1. The van der Waals surface area contributed by atoms with E-state index < -0.39 is 0 Å². The summed E-state index contributed by atoms with van der Waals surface area (Å²) in [5.41, 5.74) is 1.23. The number of piperazine rings is 1. The van der Waals surface area contributed by atoms with Gasteiger partial charge in [0.2, 0.25) is 0 Å². The number of anilines is 3. The molecule has 2 aromatic rings. The standard InChI is InChI=1S/C15H18ClN5O/c1-10-7-17-4-5-21(10)12-2-3-14(18-9-12)20-13-6-11(16)8-19-15(13)22/h2-3,6,8-10,17H,4-5,7H2,1H3,(H,18,20)(H,19,22). The molecule has 2 aromatic heterocycles. The highest BCUT2D eigenvalue weighted by atomic mass is 35.5. The molecule has 1 unspecified atom stereocenters. The van der Waals surface area contributed by atoms with Crippen LogP contribution in [0.3, 0.4) is 0 Å². The number of H-pyrrole nitrogens is 1. The van der Waals surface area contributed by atoms with E-state index in [4.69, 9.17) is 11.6 Å². The van der Waals surface area contributed by atoms with Crippen molar-refractivity contribution in [3.8, 4) is 0 Å². The number of nitrogens with one attached hydrogen (secondary N) is 3. The second kappa shape index (κ2) is 6.37. The van der Waals surface area contributed by atoms with Crippen LogP contribution in [0.15, 0.2) is 35.4 Å². The Morgan fingerprint density at radius 1 is 1.45 bits per heavy atom. The van der Waals surface area contributed by atoms with Gasteiger partial charge in [0, 0.05) is 31.9 Å². The maximum absolute atomic E-state index is 11.7. The highest BCUT2D eigenvalue weighted by Crippen LogP contribution is 2.20. The first-order valence-electron chi connectivity index (χ1n) is 7.22. The Morgan fingerprint density at radius 3 is 3.05 bits per heavy atom. The Bertz CT molecular complexity index is 700. The second-order valence-electron chi connectivity index (χ2n) is 5.33. The summed E-state index contributed by atoms with van der Waals surface area (Å²) in [4.78, 5) is 21.0. The van der Waals surface area contributed by atoms with Gasteiger partial charge >= 0.3 is 0 Å². The third-order valence-corrected chi connectivity index (χ3v) is 3.93. The summed E-state index contributed by atoms with van der Waals surface area (Å²) >= 11 is 5.88. The molecule has 0 bridgehead atoms. The fraction of sp³-hybridized carbons (Fsp3) is 0.333. The summed E-state index contributed by atoms with van der Waals surface area (Å²) in [6, 6.07) is 5.89. The zero-order chi connectivity index (χ0) is 15.5. The fourth-order valence-electron chi connectivity index (χ4n) is 2.54. The van der Waals surface area contributed by atoms with Crippen molar-refractivity contribution in [2.24, 2.45) is 0 Å². The molecule has 0 aromatic carbocycles. The molecule has 22 heavy (non-hydrogen) atoms. The van der Waals surface area contributed by atoms with E-state index in [1.165, 1.54) is 6.20 Å². The minimum atomic E-state index is -0.231. The zero-order valence-electron chi connectivity index (χ0n) is 12.3. The number of pyridine rings is 2. The molecular formula is C15H18ClN5O. The topological polar surface area (TPSA) is 73.0 Å². The van der Waals surface area contributed by atoms with Gasteiger partial charge in [0.15, 0.2) is 0 Å². The first-order valence-corrected chi connectivity index (χ1v) is 7.60. The SMILES string of the molecule is CC1CNCCN1c1ccc(Nc2cc(Cl)c[nH]c2=O)nc1. The average Bonchev–Trinajstić information content (AvgIpc) is 2.52. The molecule has 0 saturated carbocycles. The van der Waals surface area contributed by atoms with E-state index in [0.717, 1.165) is 25.3 Å². The Labute approximate surface area is 133 Å². The van der Waals surface area contributed by atoms with Crippen LogP contribution in [0.1, 0.15) is 6.92 Å². The van der Waals surface area contributed by atoms with Gasteiger partial charge in [-0.2, -0.15) is 0 Å². The van der Waals surface area contributed by atoms with Gasteiger partial charge in [-0.25, -0.2) is 4.98 Å². The molecule has 3 heterocycles. The van der Waals surface area contributed by atoms with Gasteiger partial charge in [0.1, 0.15) is 11.5 Å². The number of nitrogens with zero attached hydrogens (tertiary/aromatic N) is 2. The van der Waals surface area contributed by atoms with Crippen LogP contribution in [-0.2, 0) is 0 Å². The first kappa shape index (κ1) is 14.9. The average molecular weight is 320 g/mol. The summed E-state index contributed by atoms with van der Waals surface area (Å²) in [5.74, 6) is 0.610. The zero-order valence-corrected chi connectivity index (χ0v) is 13.0. The van der Waals surface area contributed by atoms with E-state index in [9.17, 15) is 4.79 Å². The largest absolute Gasteiger partial charge is 0.365 e. The van der Waals surface area contributed by atoms with E-state index in [1.807, 2.05) is 18.3 Å². The van der Waals surface area contributed by atoms with Crippen LogP contribution >= 0.6 is 11.6 Å². The van der Waals surface area contributed by atoms with Crippen LogP contribution in [0.5, 0.6) is 0 Å². The lowest BCUT2D eigenvalue weighted by Crippen LogP contribution is -2.49. The third-order valence-electron chi connectivity index (χ3n) is 3.71. The molecule has 6 nitrogen and oxygen atoms in total. The highest BCUT2D eigenvalue weighted by molar-refractivity contribution is 6.30. The van der Waals surface area contributed by atoms with Crippen molar-refractivity contribution in [3.63, 3.8) is 0 Å². The maximum atomic E-state index is 11.7. The molecule has 1 aliphatic heterocycles. The molecule has 1 saturated heterocycles. The molecule has 0 radical (unpaired) electrons. The monoisotopic (exact) mass is 319 g/mol. The number of aromatic nitrogens is 2. The normalized spacial score (nSPS) is 18.3. The van der Waals surface area contributed by atoms with Crippen LogP contribution in [-0.4, -0.2) is 35.6 Å². The van der Waals surface area contributed by atoms with Crippen molar-refractivity contribution in [1.29, 1.82) is 0 Å². The van der Waals surface area contributed by atoms with Crippen LogP contribution in [0.4, 0.5) is 17.2 Å². The number of rotatable bonds is 3. The summed E-state index contributed by atoms with van der Waals surface area (Å²) in [6.45, 7) is 5.09. The lowest BCUT2D eigenvalue weighted by molar-refractivity contribution is 0.500. The summed E-state index contributed by atoms with van der Waals surface area (Å²) in [7, 11) is 0. The minimum Gasteiger partial charge on any atom is -0.365 e. The van der Waals surface area contributed by atoms with Gasteiger partial charge in [-0.15, -0.1) is 0 Å². The molecular weight excluding hydrogens is 302 g/mol. The van der Waals surface area contributed by atoms with Gasteiger partial charge in [0.25, 0.3) is 5.56 Å². The van der Waals surface area contributed by atoms with Crippen molar-refractivity contribution >= 4 is 28.8 Å². The van der Waals surface area contributed by atoms with Crippen molar-refractivity contribution < 1.29 is 0 Å². The van der Waals surface area contributed by atoms with Crippen molar-refractivity contribution in [3.05, 3.63) is 46.0 Å². The van der Waals surface area contributed by atoms with E-state index >= 15 is 0 Å². The van der Waals surface area contributed by atoms with Gasteiger partial charge in [-0.3, -0.25) is 4.79 Å². The molecule has 0 aliphatic carbocycles. The molecule has 1 aliphatic rings. The molecule has 0 spiro atoms. The van der Waals surface area contributed by atoms with Crippen molar-refractivity contribution in [2.45, 2.75) is 13.0 Å². The Kier molecular flexibility index (Phi) is 4.31. The van der Waals surface area contributed by atoms with Crippen LogP contribution < -0.4 is 21.1 Å². The predicted molar refractivity (Wildman–Crippen MR) is 89.3 cm³/mol. The first-order chi connectivity index (χ1) is 10.6. The van der Waals surface area contributed by atoms with Gasteiger partial charge < -0.3 is 20.5 Å². The molecule has 1 atom stereocenters. The van der Waals surface area contributed by atoms with Gasteiger partial charge in [-0.05, 0) is 25.1 Å². The van der Waals surface area contributed by atoms with E-state index in [-0.39, 0.29) is 5.56 Å². The Hall–Kier alpha value is -2.05. The van der Waals surface area contributed by atoms with Crippen molar-refractivity contribution in [2.75, 3.05) is 29.9 Å². The van der Waals surface area contributed by atoms with E-state index in [1.54, 1.807) is 6.07 Å². The van der Waals surface area contributed by atoms with E-state index in [0.29, 0.717) is 22.6 Å². The van der Waals surface area contributed by atoms with Crippen LogP contribution in [0.2, 0.25) is 5.02 Å². The van der Waals surface area contributed by atoms with E-state index in [2.05, 4.69) is 32.4 Å². The number of hydrogen-bond donors (Lipinski definition) is 3. The Morgan fingerprint density at radius 2 is 2.32 bits per heavy atom. The third kappa shape index (κ3) is 3.23. The fourth-order valence-corrected chi connectivity index (χ4v) is 2.71. The van der Waals surface area contributed by atoms with Crippen LogP contribution in [0.25, 0.3) is 0 Å². The Balaban J connectivity index is 1.76. The molecule has 1 fully saturated rings. The lowest BCUT2D eigenvalue weighted by atomic mass is 10.2. The number of hydrogen-bond acceptors (Lipinski definition) is 5. The minimum absolute atomic E-state index is 0.231. The highest BCUT2D eigenvalue weighted by Gasteiger charge is 2.18. The summed E-state index contributed by atoms with van der Waals surface area (Å²) in [5, 5.41) is 6.81. The van der Waals surface area contributed by atoms with Gasteiger partial charge in [0.05, 0.1) is 16.9 Å². The lowest BCUT2D eigenvalue weighted by Gasteiger charge is -2.35. The second-order valence-corrected chi connectivity index (χ2v) is 5.77. The number of aromatic amines is 1. The van der Waals surface area contributed by atoms with Crippen LogP contribution in [0, 0.1) is 0 Å². The predicted octanol–water partition coefficient (Wildman–Crippen LogP) is 1.96. The molecule has 0 amide bonds.